The highest BCUT2D eigenvalue weighted by Crippen LogP contribution is 2.46. The van der Waals surface area contributed by atoms with Crippen LogP contribution in [-0.4, -0.2) is 82.6 Å². The van der Waals surface area contributed by atoms with E-state index in [0.717, 1.165) is 16.7 Å². The fraction of sp³-hybridized carbons (Fsp3) is 0.282. The molecule has 0 radical (unpaired) electrons. The van der Waals surface area contributed by atoms with Crippen LogP contribution < -0.4 is 5.32 Å². The van der Waals surface area contributed by atoms with Crippen LogP contribution in [0.4, 0.5) is 5.82 Å². The van der Waals surface area contributed by atoms with Gasteiger partial charge in [0, 0.05) is 33.3 Å². The van der Waals surface area contributed by atoms with Crippen molar-refractivity contribution in [3.8, 4) is 0 Å². The molecule has 4 atom stereocenters. The van der Waals surface area contributed by atoms with Gasteiger partial charge in [0.1, 0.15) is 18.5 Å². The normalized spacial score (nSPS) is 21.3. The van der Waals surface area contributed by atoms with Gasteiger partial charge in [-0.05, 0) is 34.9 Å². The maximum absolute atomic E-state index is 12.9. The number of benzene rings is 3. The van der Waals surface area contributed by atoms with Crippen LogP contribution in [0, 0.1) is 0 Å². The van der Waals surface area contributed by atoms with E-state index in [1.54, 1.807) is 43.1 Å². The van der Waals surface area contributed by atoms with Crippen molar-refractivity contribution in [1.29, 1.82) is 0 Å². The summed E-state index contributed by atoms with van der Waals surface area (Å²) in [5.41, 5.74) is 2.29. The van der Waals surface area contributed by atoms with Gasteiger partial charge in [-0.2, -0.15) is 0 Å². The van der Waals surface area contributed by atoms with Crippen molar-refractivity contribution in [2.45, 2.75) is 42.3 Å². The first-order valence-corrected chi connectivity index (χ1v) is 16.8. The number of hydrogen-bond acceptors (Lipinski definition) is 11. The number of amides is 1. The zero-order chi connectivity index (χ0) is 36.1. The van der Waals surface area contributed by atoms with E-state index in [9.17, 15) is 9.90 Å². The summed E-state index contributed by atoms with van der Waals surface area (Å²) in [6.07, 6.45) is 5.60. The van der Waals surface area contributed by atoms with Gasteiger partial charge in [-0.1, -0.05) is 91.0 Å². The highest BCUT2D eigenvalue weighted by molar-refractivity contribution is 6.06. The number of aliphatic hydroxyl groups excluding tert-OH is 1. The molecule has 1 aliphatic heterocycles. The van der Waals surface area contributed by atoms with Crippen LogP contribution in [0.15, 0.2) is 127 Å². The van der Waals surface area contributed by atoms with E-state index in [1.807, 2.05) is 85.0 Å². The molecule has 1 aliphatic carbocycles. The molecule has 0 bridgehead atoms. The van der Waals surface area contributed by atoms with Crippen molar-refractivity contribution in [3.63, 3.8) is 0 Å². The molecule has 5 aromatic rings. The first-order chi connectivity index (χ1) is 25.5. The van der Waals surface area contributed by atoms with Gasteiger partial charge < -0.3 is 29.4 Å². The average Bonchev–Trinajstić information content (AvgIpc) is 3.81. The smallest absolute Gasteiger partial charge is 0.256 e. The molecule has 52 heavy (non-hydrogen) atoms. The summed E-state index contributed by atoms with van der Waals surface area (Å²) in [6.45, 7) is -0.402. The van der Waals surface area contributed by atoms with Crippen LogP contribution in [0.3, 0.4) is 0 Å². The molecule has 0 saturated carbocycles. The molecule has 2 N–H and O–H groups in total. The van der Waals surface area contributed by atoms with E-state index in [4.69, 9.17) is 28.7 Å². The third kappa shape index (κ3) is 6.44. The van der Waals surface area contributed by atoms with Crippen LogP contribution in [0.1, 0.15) is 34.1 Å². The monoisotopic (exact) mass is 705 g/mol. The lowest BCUT2D eigenvalue weighted by molar-refractivity contribution is -0.383. The van der Waals surface area contributed by atoms with Gasteiger partial charge in [0.15, 0.2) is 40.7 Å². The number of carbonyl (C=O) groups is 1. The second-order valence-electron chi connectivity index (χ2n) is 12.3. The van der Waals surface area contributed by atoms with Gasteiger partial charge in [-0.15, -0.1) is 0 Å². The lowest BCUT2D eigenvalue weighted by atomic mass is 9.77. The van der Waals surface area contributed by atoms with E-state index in [-0.39, 0.29) is 11.7 Å². The maximum Gasteiger partial charge on any atom is 0.256 e. The van der Waals surface area contributed by atoms with Crippen molar-refractivity contribution in [2.75, 3.05) is 33.3 Å². The van der Waals surface area contributed by atoms with Crippen LogP contribution in [0.25, 0.3) is 11.2 Å². The number of rotatable bonds is 13. The minimum Gasteiger partial charge on any atom is -0.394 e. The molecule has 1 amide bonds. The SMILES string of the molecule is CO[C@@H]1[C@H](OOC(C2=CCC(OC)(OC)C=C2)(c2ccccc2)c2ccccc2)[C@@H](CO)O[C@H]1n1cnc2c(NC(=O)c3ccccc3)ncnc21. The molecule has 0 unspecified atom stereocenters. The average molecular weight is 706 g/mol. The summed E-state index contributed by atoms with van der Waals surface area (Å²) in [5.74, 6) is -1.04. The number of methoxy groups -OCH3 is 3. The van der Waals surface area contributed by atoms with Gasteiger partial charge in [0.25, 0.3) is 5.91 Å². The van der Waals surface area contributed by atoms with Crippen molar-refractivity contribution >= 4 is 22.9 Å². The van der Waals surface area contributed by atoms with Gasteiger partial charge in [0.2, 0.25) is 0 Å². The Morgan fingerprint density at radius 2 is 1.58 bits per heavy atom. The lowest BCUT2D eigenvalue weighted by Crippen LogP contribution is -2.42. The summed E-state index contributed by atoms with van der Waals surface area (Å²) in [4.78, 5) is 39.4. The van der Waals surface area contributed by atoms with Crippen molar-refractivity contribution in [2.24, 2.45) is 0 Å². The Morgan fingerprint density at radius 1 is 0.923 bits per heavy atom. The fourth-order valence-electron chi connectivity index (χ4n) is 6.71. The Bertz CT molecular complexity index is 2000. The zero-order valence-electron chi connectivity index (χ0n) is 28.9. The van der Waals surface area contributed by atoms with E-state index in [0.29, 0.717) is 23.1 Å². The largest absolute Gasteiger partial charge is 0.394 e. The molecule has 2 aliphatic rings. The van der Waals surface area contributed by atoms with Crippen molar-refractivity contribution in [1.82, 2.24) is 19.5 Å². The summed E-state index contributed by atoms with van der Waals surface area (Å²) < 4.78 is 25.5. The number of ether oxygens (including phenoxy) is 4. The summed E-state index contributed by atoms with van der Waals surface area (Å²) in [5, 5.41) is 13.4. The van der Waals surface area contributed by atoms with Gasteiger partial charge in [-0.3, -0.25) is 9.36 Å². The highest BCUT2D eigenvalue weighted by Gasteiger charge is 2.51. The predicted molar refractivity (Wildman–Crippen MR) is 190 cm³/mol. The number of aliphatic hydroxyl groups is 1. The minimum absolute atomic E-state index is 0.231. The van der Waals surface area contributed by atoms with Crippen molar-refractivity contribution in [3.05, 3.63) is 144 Å². The molecule has 3 aromatic carbocycles. The Morgan fingerprint density at radius 3 is 2.15 bits per heavy atom. The van der Waals surface area contributed by atoms with E-state index >= 15 is 0 Å². The van der Waals surface area contributed by atoms with Crippen LogP contribution >= 0.6 is 0 Å². The van der Waals surface area contributed by atoms with Crippen molar-refractivity contribution < 1.29 is 38.6 Å². The van der Waals surface area contributed by atoms with Gasteiger partial charge >= 0.3 is 0 Å². The summed E-state index contributed by atoms with van der Waals surface area (Å²) >= 11 is 0. The molecule has 0 spiro atoms. The Balaban J connectivity index is 1.23. The quantitative estimate of drug-likeness (QED) is 0.0956. The molecule has 2 aromatic heterocycles. The third-order valence-electron chi connectivity index (χ3n) is 9.50. The summed E-state index contributed by atoms with van der Waals surface area (Å²) in [6, 6.07) is 28.3. The number of fused-ring (bicyclic) bond motifs is 1. The van der Waals surface area contributed by atoms with Gasteiger partial charge in [-0.25, -0.2) is 24.7 Å². The number of carbonyl (C=O) groups excluding carboxylic acids is 1. The minimum atomic E-state index is -1.27. The molecule has 1 fully saturated rings. The molecule has 3 heterocycles. The standard InChI is InChI=1S/C39H39N5O8/c1-47-33-32(30(23-45)50-37(33)44-25-42-31-34(40-24-41-35(31)44)43-36(46)26-13-7-4-8-14-26)51-52-39(27-15-9-5-10-16-27,28-17-11-6-12-18-28)29-19-21-38(48-2,49-3)22-20-29/h4-21,24-25,30,32-33,37,45H,22-23H2,1-3H3,(H,40,41,43,46)/t30-,32-,33-,37-/m1/s1. The molecule has 268 valence electrons. The highest BCUT2D eigenvalue weighted by atomic mass is 17.2. The molecule has 7 rings (SSSR count). The number of aromatic nitrogens is 4. The Kier molecular flexibility index (Phi) is 10.3. The number of hydrogen-bond donors (Lipinski definition) is 2. The first-order valence-electron chi connectivity index (χ1n) is 16.8. The fourth-order valence-corrected chi connectivity index (χ4v) is 6.71. The maximum atomic E-state index is 12.9. The Labute approximate surface area is 300 Å². The van der Waals surface area contributed by atoms with E-state index < -0.39 is 42.5 Å². The number of nitrogens with one attached hydrogen (secondary N) is 1. The van der Waals surface area contributed by atoms with E-state index in [2.05, 4.69) is 20.3 Å². The second-order valence-corrected chi connectivity index (χ2v) is 12.3. The molecule has 13 nitrogen and oxygen atoms in total. The topological polar surface area (TPSA) is 148 Å². The van der Waals surface area contributed by atoms with Crippen LogP contribution in [0.5, 0.6) is 0 Å². The second kappa shape index (κ2) is 15.2. The van der Waals surface area contributed by atoms with E-state index in [1.165, 1.54) is 19.8 Å². The molecule has 1 saturated heterocycles. The van der Waals surface area contributed by atoms with Crippen LogP contribution in [-0.2, 0) is 34.3 Å². The predicted octanol–water partition coefficient (Wildman–Crippen LogP) is 5.12. The Hall–Kier alpha value is -5.12. The molecular formula is C39H39N5O8. The van der Waals surface area contributed by atoms with Gasteiger partial charge in [0.05, 0.1) is 12.9 Å². The number of nitrogens with zero attached hydrogens (tertiary/aromatic N) is 4. The first kappa shape index (κ1) is 35.3. The lowest BCUT2D eigenvalue weighted by Gasteiger charge is -2.39. The molecule has 13 heteroatoms. The number of anilines is 1. The summed E-state index contributed by atoms with van der Waals surface area (Å²) in [7, 11) is 4.72. The number of imidazole rings is 1. The zero-order valence-corrected chi connectivity index (χ0v) is 28.9. The van der Waals surface area contributed by atoms with Crippen LogP contribution in [0.2, 0.25) is 0 Å². The molecular weight excluding hydrogens is 666 g/mol. The third-order valence-corrected chi connectivity index (χ3v) is 9.50.